The van der Waals surface area contributed by atoms with E-state index in [4.69, 9.17) is 9.15 Å². The van der Waals surface area contributed by atoms with Crippen LogP contribution in [0.15, 0.2) is 22.8 Å². The molecule has 0 bridgehead atoms. The minimum atomic E-state index is -0.373. The summed E-state index contributed by atoms with van der Waals surface area (Å²) < 4.78 is 10.4. The molecule has 2 aromatic rings. The molecule has 1 aliphatic heterocycles. The van der Waals surface area contributed by atoms with Gasteiger partial charge in [-0.2, -0.15) is 0 Å². The fraction of sp³-hybridized carbons (Fsp3) is 0.542. The van der Waals surface area contributed by atoms with E-state index in [1.165, 1.54) is 0 Å². The van der Waals surface area contributed by atoms with E-state index in [2.05, 4.69) is 4.98 Å². The Hall–Kier alpha value is -3.03. The van der Waals surface area contributed by atoms with Crippen molar-refractivity contribution in [2.24, 2.45) is 5.92 Å². The molecule has 174 valence electrons. The monoisotopic (exact) mass is 443 g/mol. The number of carbonyl (C=O) groups is 3. The SMILES string of the molecule is CCOC(=O)c1[nH]c(C)c(CCC(=O)N2CCC[C@H](C(=O)N(C)Cc3ccco3)C2)c1C. The highest BCUT2D eigenvalue weighted by molar-refractivity contribution is 5.90. The zero-order valence-electron chi connectivity index (χ0n) is 19.4. The maximum Gasteiger partial charge on any atom is 0.355 e. The molecule has 8 nitrogen and oxygen atoms in total. The van der Waals surface area contributed by atoms with E-state index in [0.29, 0.717) is 44.8 Å². The highest BCUT2D eigenvalue weighted by atomic mass is 16.5. The van der Waals surface area contributed by atoms with Gasteiger partial charge < -0.3 is 23.9 Å². The number of amides is 2. The van der Waals surface area contributed by atoms with Crippen molar-refractivity contribution in [2.45, 2.75) is 53.0 Å². The van der Waals surface area contributed by atoms with Crippen molar-refractivity contribution in [1.82, 2.24) is 14.8 Å². The molecule has 0 saturated carbocycles. The smallest absolute Gasteiger partial charge is 0.355 e. The third kappa shape index (κ3) is 5.41. The van der Waals surface area contributed by atoms with Crippen molar-refractivity contribution < 1.29 is 23.5 Å². The second-order valence-corrected chi connectivity index (χ2v) is 8.40. The number of nitrogens with zero attached hydrogens (tertiary/aromatic N) is 2. The summed E-state index contributed by atoms with van der Waals surface area (Å²) >= 11 is 0. The molecular formula is C24H33N3O5. The van der Waals surface area contributed by atoms with E-state index in [0.717, 1.165) is 35.4 Å². The standard InChI is InChI=1S/C24H33N3O5/c1-5-31-24(30)22-16(2)20(17(3)25-22)10-11-21(28)27-12-6-8-18(14-27)23(29)26(4)15-19-9-7-13-32-19/h7,9,13,18,25H,5-6,8,10-12,14-15H2,1-4H3/t18-/m0/s1. The molecule has 1 saturated heterocycles. The number of likely N-dealkylation sites (tertiary alicyclic amines) is 1. The molecule has 1 aliphatic rings. The summed E-state index contributed by atoms with van der Waals surface area (Å²) in [5, 5.41) is 0. The predicted octanol–water partition coefficient (Wildman–Crippen LogP) is 3.23. The summed E-state index contributed by atoms with van der Waals surface area (Å²) in [7, 11) is 1.77. The van der Waals surface area contributed by atoms with Crippen molar-refractivity contribution in [3.63, 3.8) is 0 Å². The van der Waals surface area contributed by atoms with E-state index < -0.39 is 0 Å². The number of hydrogen-bond acceptors (Lipinski definition) is 5. The molecule has 2 amide bonds. The Bertz CT molecular complexity index is 947. The number of aromatic nitrogens is 1. The van der Waals surface area contributed by atoms with Gasteiger partial charge in [-0.25, -0.2) is 4.79 Å². The van der Waals surface area contributed by atoms with Gasteiger partial charge in [-0.05, 0) is 63.3 Å². The number of aryl methyl sites for hydroxylation is 1. The lowest BCUT2D eigenvalue weighted by atomic mass is 9.95. The van der Waals surface area contributed by atoms with Crippen LogP contribution in [0.4, 0.5) is 0 Å². The lowest BCUT2D eigenvalue weighted by Gasteiger charge is -2.34. The van der Waals surface area contributed by atoms with E-state index in [9.17, 15) is 14.4 Å². The van der Waals surface area contributed by atoms with Crippen LogP contribution in [-0.2, 0) is 27.3 Å². The average molecular weight is 444 g/mol. The minimum Gasteiger partial charge on any atom is -0.467 e. The van der Waals surface area contributed by atoms with Gasteiger partial charge in [0.1, 0.15) is 11.5 Å². The van der Waals surface area contributed by atoms with Crippen LogP contribution in [0.5, 0.6) is 0 Å². The number of nitrogens with one attached hydrogen (secondary N) is 1. The first-order valence-electron chi connectivity index (χ1n) is 11.2. The van der Waals surface area contributed by atoms with Crippen molar-refractivity contribution >= 4 is 17.8 Å². The summed E-state index contributed by atoms with van der Waals surface area (Å²) in [6.07, 6.45) is 4.07. The second-order valence-electron chi connectivity index (χ2n) is 8.40. The summed E-state index contributed by atoms with van der Waals surface area (Å²) in [5.74, 6) is 0.244. The summed E-state index contributed by atoms with van der Waals surface area (Å²) in [6.45, 7) is 7.40. The van der Waals surface area contributed by atoms with Crippen molar-refractivity contribution in [3.8, 4) is 0 Å². The van der Waals surface area contributed by atoms with Crippen LogP contribution in [0, 0.1) is 19.8 Å². The van der Waals surface area contributed by atoms with Gasteiger partial charge in [-0.3, -0.25) is 9.59 Å². The largest absolute Gasteiger partial charge is 0.467 e. The Kier molecular flexibility index (Phi) is 7.77. The number of hydrogen-bond donors (Lipinski definition) is 1. The number of carbonyl (C=O) groups excluding carboxylic acids is 3. The highest BCUT2D eigenvalue weighted by Crippen LogP contribution is 2.23. The van der Waals surface area contributed by atoms with Gasteiger partial charge in [-0.15, -0.1) is 0 Å². The number of esters is 1. The summed E-state index contributed by atoms with van der Waals surface area (Å²) in [6, 6.07) is 3.65. The molecular weight excluding hydrogens is 410 g/mol. The molecule has 1 N–H and O–H groups in total. The van der Waals surface area contributed by atoms with Crippen LogP contribution < -0.4 is 0 Å². The molecule has 0 aliphatic carbocycles. The third-order valence-corrected chi connectivity index (χ3v) is 6.13. The fourth-order valence-corrected chi connectivity index (χ4v) is 4.39. The highest BCUT2D eigenvalue weighted by Gasteiger charge is 2.30. The molecule has 1 fully saturated rings. The van der Waals surface area contributed by atoms with Crippen LogP contribution in [0.3, 0.4) is 0 Å². The molecule has 8 heteroatoms. The van der Waals surface area contributed by atoms with Crippen LogP contribution in [0.25, 0.3) is 0 Å². The lowest BCUT2D eigenvalue weighted by molar-refractivity contribution is -0.140. The Labute approximate surface area is 188 Å². The summed E-state index contributed by atoms with van der Waals surface area (Å²) in [4.78, 5) is 44.5. The lowest BCUT2D eigenvalue weighted by Crippen LogP contribution is -2.45. The van der Waals surface area contributed by atoms with E-state index in [1.807, 2.05) is 19.9 Å². The minimum absolute atomic E-state index is 0.0360. The molecule has 3 heterocycles. The van der Waals surface area contributed by atoms with Crippen LogP contribution >= 0.6 is 0 Å². The first-order chi connectivity index (χ1) is 15.3. The zero-order chi connectivity index (χ0) is 23.3. The molecule has 1 atom stereocenters. The van der Waals surface area contributed by atoms with Gasteiger partial charge in [0, 0.05) is 32.3 Å². The van der Waals surface area contributed by atoms with E-state index >= 15 is 0 Å². The molecule has 0 spiro atoms. The number of H-pyrrole nitrogens is 1. The van der Waals surface area contributed by atoms with Crippen LogP contribution in [-0.4, -0.2) is 59.3 Å². The Morgan fingerprint density at radius 3 is 2.78 bits per heavy atom. The van der Waals surface area contributed by atoms with Crippen molar-refractivity contribution in [3.05, 3.63) is 46.7 Å². The Morgan fingerprint density at radius 2 is 2.09 bits per heavy atom. The second kappa shape index (κ2) is 10.5. The van der Waals surface area contributed by atoms with Crippen LogP contribution in [0.1, 0.15) is 59.3 Å². The maximum atomic E-state index is 12.9. The van der Waals surface area contributed by atoms with Crippen LogP contribution in [0.2, 0.25) is 0 Å². The van der Waals surface area contributed by atoms with E-state index in [-0.39, 0.29) is 23.7 Å². The van der Waals surface area contributed by atoms with Gasteiger partial charge in [-0.1, -0.05) is 0 Å². The quantitative estimate of drug-likeness (QED) is 0.632. The third-order valence-electron chi connectivity index (χ3n) is 6.13. The average Bonchev–Trinajstić information content (AvgIpc) is 3.39. The van der Waals surface area contributed by atoms with Gasteiger partial charge >= 0.3 is 5.97 Å². The normalized spacial score (nSPS) is 16.1. The molecule has 3 rings (SSSR count). The van der Waals surface area contributed by atoms with Gasteiger partial charge in [0.15, 0.2) is 0 Å². The van der Waals surface area contributed by atoms with Crippen molar-refractivity contribution in [1.29, 1.82) is 0 Å². The molecule has 32 heavy (non-hydrogen) atoms. The first kappa shape index (κ1) is 23.6. The number of aromatic amines is 1. The first-order valence-corrected chi connectivity index (χ1v) is 11.2. The maximum absolute atomic E-state index is 12.9. The molecule has 0 aromatic carbocycles. The number of furan rings is 1. The molecule has 2 aromatic heterocycles. The number of piperidine rings is 1. The topological polar surface area (TPSA) is 95.8 Å². The van der Waals surface area contributed by atoms with Crippen molar-refractivity contribution in [2.75, 3.05) is 26.7 Å². The Morgan fingerprint density at radius 1 is 1.31 bits per heavy atom. The molecule has 0 unspecified atom stereocenters. The van der Waals surface area contributed by atoms with E-state index in [1.54, 1.807) is 36.1 Å². The Balaban J connectivity index is 1.56. The predicted molar refractivity (Wildman–Crippen MR) is 119 cm³/mol. The number of rotatable bonds is 8. The molecule has 0 radical (unpaired) electrons. The van der Waals surface area contributed by atoms with Gasteiger partial charge in [0.25, 0.3) is 0 Å². The summed E-state index contributed by atoms with van der Waals surface area (Å²) in [5.41, 5.74) is 3.14. The number of ether oxygens (including phenoxy) is 1. The van der Waals surface area contributed by atoms with Gasteiger partial charge in [0.2, 0.25) is 11.8 Å². The fourth-order valence-electron chi connectivity index (χ4n) is 4.39. The van der Waals surface area contributed by atoms with Gasteiger partial charge in [0.05, 0.1) is 25.3 Å². The zero-order valence-corrected chi connectivity index (χ0v) is 19.4.